The van der Waals surface area contributed by atoms with Crippen molar-refractivity contribution in [1.29, 1.82) is 0 Å². The van der Waals surface area contributed by atoms with Gasteiger partial charge in [0.25, 0.3) is 0 Å². The van der Waals surface area contributed by atoms with Gasteiger partial charge < -0.3 is 15.1 Å². The monoisotopic (exact) mass is 347 g/mol. The first-order valence-electron chi connectivity index (χ1n) is 9.06. The molecule has 2 heterocycles. The highest BCUT2D eigenvalue weighted by Crippen LogP contribution is 2.13. The van der Waals surface area contributed by atoms with E-state index in [1.807, 2.05) is 41.8 Å². The average molecular weight is 347 g/mol. The molecule has 0 saturated carbocycles. The van der Waals surface area contributed by atoms with Gasteiger partial charge in [0.15, 0.2) is 0 Å². The lowest BCUT2D eigenvalue weighted by molar-refractivity contribution is -0.132. The molecule has 0 radical (unpaired) electrons. The third-order valence-electron chi connectivity index (χ3n) is 4.44. The minimum atomic E-state index is 0.0146. The van der Waals surface area contributed by atoms with Crippen molar-refractivity contribution in [3.05, 3.63) is 24.4 Å². The Morgan fingerprint density at radius 1 is 1.20 bits per heavy atom. The molecule has 1 aliphatic heterocycles. The zero-order valence-corrected chi connectivity index (χ0v) is 15.3. The molecule has 7 nitrogen and oxygen atoms in total. The van der Waals surface area contributed by atoms with Crippen LogP contribution in [0.15, 0.2) is 24.4 Å². The van der Waals surface area contributed by atoms with Crippen LogP contribution in [0.2, 0.25) is 0 Å². The van der Waals surface area contributed by atoms with E-state index in [0.29, 0.717) is 26.1 Å². The van der Waals surface area contributed by atoms with Crippen molar-refractivity contribution < 1.29 is 9.59 Å². The van der Waals surface area contributed by atoms with Crippen LogP contribution in [0.25, 0.3) is 0 Å². The Hall–Kier alpha value is -2.15. The molecule has 2 rings (SSSR count). The van der Waals surface area contributed by atoms with E-state index in [1.165, 1.54) is 0 Å². The first kappa shape index (κ1) is 19.2. The van der Waals surface area contributed by atoms with Crippen LogP contribution in [0.1, 0.15) is 20.3 Å². The fraction of sp³-hybridized carbons (Fsp3) is 0.611. The highest BCUT2D eigenvalue weighted by atomic mass is 16.2. The van der Waals surface area contributed by atoms with Crippen LogP contribution in [0.3, 0.4) is 0 Å². The summed E-state index contributed by atoms with van der Waals surface area (Å²) in [5.74, 6) is 1.14. The van der Waals surface area contributed by atoms with Gasteiger partial charge in [0.2, 0.25) is 11.8 Å². The molecule has 0 atom stereocenters. The maximum atomic E-state index is 12.4. The molecular weight excluding hydrogens is 318 g/mol. The lowest BCUT2D eigenvalue weighted by Gasteiger charge is -2.35. The van der Waals surface area contributed by atoms with E-state index in [4.69, 9.17) is 0 Å². The number of carbonyl (C=O) groups is 2. The third-order valence-corrected chi connectivity index (χ3v) is 4.44. The number of aromatic nitrogens is 1. The maximum Gasteiger partial charge on any atom is 0.234 e. The Labute approximate surface area is 150 Å². The second-order valence-corrected chi connectivity index (χ2v) is 6.13. The molecule has 1 aliphatic rings. The summed E-state index contributed by atoms with van der Waals surface area (Å²) in [6.07, 6.45) is 2.25. The van der Waals surface area contributed by atoms with Crippen LogP contribution < -0.4 is 10.2 Å². The summed E-state index contributed by atoms with van der Waals surface area (Å²) in [5.41, 5.74) is 0. The third kappa shape index (κ3) is 6.01. The molecule has 25 heavy (non-hydrogen) atoms. The number of carbonyl (C=O) groups excluding carboxylic acids is 2. The van der Waals surface area contributed by atoms with Crippen molar-refractivity contribution in [2.45, 2.75) is 20.3 Å². The quantitative estimate of drug-likeness (QED) is 0.745. The predicted octanol–water partition coefficient (Wildman–Crippen LogP) is 0.578. The largest absolute Gasteiger partial charge is 0.355 e. The Bertz CT molecular complexity index is 544. The number of amides is 2. The number of likely N-dealkylation sites (N-methyl/N-ethyl adjacent to an activating group) is 2. The average Bonchev–Trinajstić information content (AvgIpc) is 2.66. The van der Waals surface area contributed by atoms with Crippen LogP contribution >= 0.6 is 0 Å². The normalized spacial score (nSPS) is 14.7. The molecule has 1 aromatic rings. The van der Waals surface area contributed by atoms with Gasteiger partial charge >= 0.3 is 0 Å². The van der Waals surface area contributed by atoms with Gasteiger partial charge in [-0.25, -0.2) is 4.98 Å². The van der Waals surface area contributed by atoms with Gasteiger partial charge in [-0.1, -0.05) is 13.0 Å². The van der Waals surface area contributed by atoms with E-state index in [-0.39, 0.29) is 11.8 Å². The standard InChI is InChI=1S/C18H29N5O2/c1-3-19-17(24)15-21(4-2)10-8-18(25)23-13-11-22(12-14-23)16-7-5-6-9-20-16/h5-7,9H,3-4,8,10-15H2,1-2H3,(H,19,24). The molecule has 0 bridgehead atoms. The van der Waals surface area contributed by atoms with E-state index in [9.17, 15) is 9.59 Å². The van der Waals surface area contributed by atoms with Crippen LogP contribution in [0.5, 0.6) is 0 Å². The molecule has 0 aliphatic carbocycles. The lowest BCUT2D eigenvalue weighted by Crippen LogP contribution is -2.49. The second-order valence-electron chi connectivity index (χ2n) is 6.13. The van der Waals surface area contributed by atoms with Gasteiger partial charge in [-0.05, 0) is 25.6 Å². The van der Waals surface area contributed by atoms with Gasteiger partial charge in [0, 0.05) is 51.9 Å². The number of nitrogens with zero attached hydrogens (tertiary/aromatic N) is 4. The molecule has 0 spiro atoms. The fourth-order valence-electron chi connectivity index (χ4n) is 2.94. The molecular formula is C18H29N5O2. The SMILES string of the molecule is CCNC(=O)CN(CC)CCC(=O)N1CCN(c2ccccn2)CC1. The number of nitrogens with one attached hydrogen (secondary N) is 1. The molecule has 1 aromatic heterocycles. The van der Waals surface area contributed by atoms with Crippen molar-refractivity contribution in [1.82, 2.24) is 20.1 Å². The summed E-state index contributed by atoms with van der Waals surface area (Å²) in [7, 11) is 0. The van der Waals surface area contributed by atoms with E-state index in [0.717, 1.165) is 38.5 Å². The smallest absolute Gasteiger partial charge is 0.234 e. The van der Waals surface area contributed by atoms with Gasteiger partial charge in [0.05, 0.1) is 6.54 Å². The molecule has 7 heteroatoms. The van der Waals surface area contributed by atoms with Gasteiger partial charge in [-0.15, -0.1) is 0 Å². The Kier molecular flexibility index (Phi) is 7.66. The molecule has 1 fully saturated rings. The minimum absolute atomic E-state index is 0.0146. The van der Waals surface area contributed by atoms with Crippen LogP contribution in [0.4, 0.5) is 5.82 Å². The minimum Gasteiger partial charge on any atom is -0.355 e. The molecule has 138 valence electrons. The molecule has 0 unspecified atom stereocenters. The molecule has 1 N–H and O–H groups in total. The zero-order chi connectivity index (χ0) is 18.1. The molecule has 1 saturated heterocycles. The van der Waals surface area contributed by atoms with Crippen LogP contribution in [-0.4, -0.2) is 79.0 Å². The van der Waals surface area contributed by atoms with Crippen LogP contribution in [0, 0.1) is 0 Å². The zero-order valence-electron chi connectivity index (χ0n) is 15.3. The summed E-state index contributed by atoms with van der Waals surface area (Å²) in [6, 6.07) is 5.88. The summed E-state index contributed by atoms with van der Waals surface area (Å²) in [5, 5.41) is 2.79. The number of pyridine rings is 1. The summed E-state index contributed by atoms with van der Waals surface area (Å²) < 4.78 is 0. The number of piperazine rings is 1. The van der Waals surface area contributed by atoms with E-state index in [2.05, 4.69) is 15.2 Å². The van der Waals surface area contributed by atoms with E-state index >= 15 is 0 Å². The van der Waals surface area contributed by atoms with Crippen molar-refractivity contribution >= 4 is 17.6 Å². The number of hydrogen-bond donors (Lipinski definition) is 1. The number of rotatable bonds is 8. The summed E-state index contributed by atoms with van der Waals surface area (Å²) >= 11 is 0. The predicted molar refractivity (Wildman–Crippen MR) is 98.4 cm³/mol. The maximum absolute atomic E-state index is 12.4. The van der Waals surface area contributed by atoms with E-state index < -0.39 is 0 Å². The van der Waals surface area contributed by atoms with Gasteiger partial charge in [-0.3, -0.25) is 14.5 Å². The second kappa shape index (κ2) is 9.98. The van der Waals surface area contributed by atoms with Crippen molar-refractivity contribution in [2.75, 3.05) is 57.3 Å². The topological polar surface area (TPSA) is 68.8 Å². The molecule has 2 amide bonds. The fourth-order valence-corrected chi connectivity index (χ4v) is 2.94. The Morgan fingerprint density at radius 2 is 1.96 bits per heavy atom. The van der Waals surface area contributed by atoms with Gasteiger partial charge in [0.1, 0.15) is 5.82 Å². The van der Waals surface area contributed by atoms with Crippen molar-refractivity contribution in [3.8, 4) is 0 Å². The highest BCUT2D eigenvalue weighted by molar-refractivity contribution is 5.78. The first-order valence-corrected chi connectivity index (χ1v) is 9.06. The highest BCUT2D eigenvalue weighted by Gasteiger charge is 2.22. The summed E-state index contributed by atoms with van der Waals surface area (Å²) in [4.78, 5) is 34.6. The Morgan fingerprint density at radius 3 is 2.56 bits per heavy atom. The molecule has 0 aromatic carbocycles. The Balaban J connectivity index is 1.73. The van der Waals surface area contributed by atoms with Crippen molar-refractivity contribution in [2.24, 2.45) is 0 Å². The lowest BCUT2D eigenvalue weighted by atomic mass is 10.2. The summed E-state index contributed by atoms with van der Waals surface area (Å²) in [6.45, 7) is 9.33. The first-order chi connectivity index (χ1) is 12.1. The van der Waals surface area contributed by atoms with Gasteiger partial charge in [-0.2, -0.15) is 0 Å². The number of hydrogen-bond acceptors (Lipinski definition) is 5. The van der Waals surface area contributed by atoms with Crippen LogP contribution in [-0.2, 0) is 9.59 Å². The van der Waals surface area contributed by atoms with Crippen molar-refractivity contribution in [3.63, 3.8) is 0 Å². The number of anilines is 1. The van der Waals surface area contributed by atoms with E-state index in [1.54, 1.807) is 6.20 Å².